The molecule has 0 radical (unpaired) electrons. The van der Waals surface area contributed by atoms with E-state index in [1.54, 1.807) is 25.6 Å². The molecule has 1 amide bonds. The fraction of sp³-hybridized carbons (Fsp3) is 0.308. The van der Waals surface area contributed by atoms with Crippen molar-refractivity contribution >= 4 is 11.6 Å². The molecule has 0 fully saturated rings. The average molecular weight is 259 g/mol. The molecule has 3 N–H and O–H groups in total. The molecule has 0 aliphatic rings. The predicted octanol–water partition coefficient (Wildman–Crippen LogP) is 1.65. The van der Waals surface area contributed by atoms with E-state index in [1.807, 2.05) is 19.9 Å². The van der Waals surface area contributed by atoms with E-state index < -0.39 is 0 Å². The summed E-state index contributed by atoms with van der Waals surface area (Å²) in [5.41, 5.74) is 3.09. The Hall–Kier alpha value is -2.37. The van der Waals surface area contributed by atoms with Gasteiger partial charge in [-0.25, -0.2) is 0 Å². The maximum Gasteiger partial charge on any atom is 0.255 e. The first-order valence-corrected chi connectivity index (χ1v) is 6.05. The van der Waals surface area contributed by atoms with Crippen molar-refractivity contribution in [2.75, 3.05) is 12.4 Å². The van der Waals surface area contributed by atoms with Gasteiger partial charge < -0.3 is 10.6 Å². The number of aromatic amines is 1. The average Bonchev–Trinajstić information content (AvgIpc) is 2.92. The molecule has 2 rings (SSSR count). The normalized spacial score (nSPS) is 11.9. The first-order valence-electron chi connectivity index (χ1n) is 6.05. The maximum atomic E-state index is 12.2. The van der Waals surface area contributed by atoms with E-state index in [-0.39, 0.29) is 11.9 Å². The van der Waals surface area contributed by atoms with E-state index in [4.69, 9.17) is 0 Å². The topological polar surface area (TPSA) is 82.7 Å². The van der Waals surface area contributed by atoms with E-state index in [0.717, 1.165) is 16.9 Å². The van der Waals surface area contributed by atoms with Crippen molar-refractivity contribution in [3.8, 4) is 0 Å². The number of anilines is 1. The molecule has 0 aromatic carbocycles. The fourth-order valence-electron chi connectivity index (χ4n) is 1.80. The van der Waals surface area contributed by atoms with Gasteiger partial charge in [0.1, 0.15) is 0 Å². The number of aromatic nitrogens is 3. The maximum absolute atomic E-state index is 12.2. The fourth-order valence-corrected chi connectivity index (χ4v) is 1.80. The number of hydrogen-bond donors (Lipinski definition) is 3. The number of H-pyrrole nitrogens is 1. The van der Waals surface area contributed by atoms with Crippen LogP contribution < -0.4 is 10.6 Å². The summed E-state index contributed by atoms with van der Waals surface area (Å²) in [6.45, 7) is 3.79. The summed E-state index contributed by atoms with van der Waals surface area (Å²) in [7, 11) is 1.78. The number of carbonyl (C=O) groups is 1. The van der Waals surface area contributed by atoms with Crippen LogP contribution in [0.15, 0.2) is 24.7 Å². The molecule has 1 atom stereocenters. The van der Waals surface area contributed by atoms with Gasteiger partial charge in [0.2, 0.25) is 0 Å². The lowest BCUT2D eigenvalue weighted by Crippen LogP contribution is -2.27. The first-order chi connectivity index (χ1) is 9.11. The Bertz CT molecular complexity index is 564. The summed E-state index contributed by atoms with van der Waals surface area (Å²) < 4.78 is 0. The molecule has 19 heavy (non-hydrogen) atoms. The van der Waals surface area contributed by atoms with E-state index in [0.29, 0.717) is 5.56 Å². The van der Waals surface area contributed by atoms with Gasteiger partial charge in [-0.1, -0.05) is 0 Å². The number of hydrogen-bond acceptors (Lipinski definition) is 4. The minimum absolute atomic E-state index is 0.114. The number of carbonyl (C=O) groups excluding carboxylic acids is 1. The highest BCUT2D eigenvalue weighted by Crippen LogP contribution is 2.17. The molecule has 0 saturated carbocycles. The minimum Gasteiger partial charge on any atom is -0.387 e. The SMILES string of the molecule is CNc1cc(C)ncc1C(=O)NC(C)c1cn[nH]c1. The lowest BCUT2D eigenvalue weighted by Gasteiger charge is -2.14. The molecule has 1 unspecified atom stereocenters. The van der Waals surface area contributed by atoms with Gasteiger partial charge >= 0.3 is 0 Å². The van der Waals surface area contributed by atoms with Crippen LogP contribution in [-0.2, 0) is 0 Å². The summed E-state index contributed by atoms with van der Waals surface area (Å²) >= 11 is 0. The molecule has 2 aromatic rings. The number of rotatable bonds is 4. The second-order valence-electron chi connectivity index (χ2n) is 4.35. The summed E-state index contributed by atoms with van der Waals surface area (Å²) in [4.78, 5) is 16.4. The van der Waals surface area contributed by atoms with Crippen LogP contribution in [-0.4, -0.2) is 28.1 Å². The summed E-state index contributed by atoms with van der Waals surface area (Å²) in [6.07, 6.45) is 5.03. The Morgan fingerprint density at radius 3 is 2.84 bits per heavy atom. The lowest BCUT2D eigenvalue weighted by atomic mass is 10.1. The van der Waals surface area contributed by atoms with Crippen LogP contribution in [0.1, 0.15) is 34.6 Å². The van der Waals surface area contributed by atoms with Gasteiger partial charge in [-0.2, -0.15) is 5.10 Å². The summed E-state index contributed by atoms with van der Waals surface area (Å²) in [5.74, 6) is -0.162. The van der Waals surface area contributed by atoms with Crippen LogP contribution in [0.5, 0.6) is 0 Å². The van der Waals surface area contributed by atoms with E-state index >= 15 is 0 Å². The predicted molar refractivity (Wildman–Crippen MR) is 73.0 cm³/mol. The number of nitrogens with one attached hydrogen (secondary N) is 3. The third-order valence-electron chi connectivity index (χ3n) is 2.92. The molecular formula is C13H17N5O. The van der Waals surface area contributed by atoms with Crippen molar-refractivity contribution in [1.82, 2.24) is 20.5 Å². The second kappa shape index (κ2) is 5.51. The van der Waals surface area contributed by atoms with Gasteiger partial charge in [-0.15, -0.1) is 0 Å². The molecule has 2 aromatic heterocycles. The number of pyridine rings is 1. The van der Waals surface area contributed by atoms with Crippen molar-refractivity contribution in [2.45, 2.75) is 19.9 Å². The van der Waals surface area contributed by atoms with Gasteiger partial charge in [0.15, 0.2) is 0 Å². The van der Waals surface area contributed by atoms with Gasteiger partial charge in [0, 0.05) is 30.7 Å². The van der Waals surface area contributed by atoms with Gasteiger partial charge in [-0.05, 0) is 19.9 Å². The smallest absolute Gasteiger partial charge is 0.255 e. The van der Waals surface area contributed by atoms with Crippen molar-refractivity contribution < 1.29 is 4.79 Å². The van der Waals surface area contributed by atoms with Gasteiger partial charge in [0.05, 0.1) is 23.5 Å². The third kappa shape index (κ3) is 2.90. The molecule has 0 saturated heterocycles. The van der Waals surface area contributed by atoms with Gasteiger partial charge in [-0.3, -0.25) is 14.9 Å². The van der Waals surface area contributed by atoms with Crippen molar-refractivity contribution in [2.24, 2.45) is 0 Å². The van der Waals surface area contributed by atoms with Crippen LogP contribution in [0.3, 0.4) is 0 Å². The van der Waals surface area contributed by atoms with Crippen LogP contribution in [0.4, 0.5) is 5.69 Å². The molecule has 0 aliphatic carbocycles. The largest absolute Gasteiger partial charge is 0.387 e. The Labute approximate surface area is 111 Å². The summed E-state index contributed by atoms with van der Waals surface area (Å²) in [6, 6.07) is 1.73. The molecule has 6 heteroatoms. The van der Waals surface area contributed by atoms with E-state index in [1.165, 1.54) is 0 Å². The highest BCUT2D eigenvalue weighted by Gasteiger charge is 2.15. The number of aryl methyl sites for hydroxylation is 1. The first kappa shape index (κ1) is 13.1. The highest BCUT2D eigenvalue weighted by molar-refractivity contribution is 5.99. The van der Waals surface area contributed by atoms with Crippen LogP contribution in [0.2, 0.25) is 0 Å². The lowest BCUT2D eigenvalue weighted by molar-refractivity contribution is 0.0940. The molecular weight excluding hydrogens is 242 g/mol. The zero-order valence-corrected chi connectivity index (χ0v) is 11.2. The highest BCUT2D eigenvalue weighted by atomic mass is 16.1. The number of amides is 1. The van der Waals surface area contributed by atoms with Crippen molar-refractivity contribution in [1.29, 1.82) is 0 Å². The Morgan fingerprint density at radius 1 is 1.42 bits per heavy atom. The zero-order chi connectivity index (χ0) is 13.8. The van der Waals surface area contributed by atoms with Crippen molar-refractivity contribution in [3.05, 3.63) is 41.5 Å². The minimum atomic E-state index is -0.162. The Balaban J connectivity index is 2.16. The molecule has 0 spiro atoms. The standard InChI is InChI=1S/C13H17N5O/c1-8-4-12(14-3)11(7-15-8)13(19)18-9(2)10-5-16-17-6-10/h4-7,9H,1-3H3,(H,14,15)(H,16,17)(H,18,19). The van der Waals surface area contributed by atoms with Crippen LogP contribution in [0.25, 0.3) is 0 Å². The van der Waals surface area contributed by atoms with Crippen LogP contribution >= 0.6 is 0 Å². The molecule has 2 heterocycles. The molecule has 6 nitrogen and oxygen atoms in total. The Morgan fingerprint density at radius 2 is 2.21 bits per heavy atom. The quantitative estimate of drug-likeness (QED) is 0.779. The van der Waals surface area contributed by atoms with Crippen molar-refractivity contribution in [3.63, 3.8) is 0 Å². The van der Waals surface area contributed by atoms with E-state index in [2.05, 4.69) is 25.8 Å². The molecule has 0 bridgehead atoms. The Kier molecular flexibility index (Phi) is 3.79. The van der Waals surface area contributed by atoms with Gasteiger partial charge in [0.25, 0.3) is 5.91 Å². The molecule has 100 valence electrons. The second-order valence-corrected chi connectivity index (χ2v) is 4.35. The zero-order valence-electron chi connectivity index (χ0n) is 11.2. The van der Waals surface area contributed by atoms with Crippen LogP contribution in [0, 0.1) is 6.92 Å². The monoisotopic (exact) mass is 259 g/mol. The third-order valence-corrected chi connectivity index (χ3v) is 2.92. The summed E-state index contributed by atoms with van der Waals surface area (Å²) in [5, 5.41) is 12.5. The van der Waals surface area contributed by atoms with E-state index in [9.17, 15) is 4.79 Å². The molecule has 0 aliphatic heterocycles. The number of nitrogens with zero attached hydrogens (tertiary/aromatic N) is 2.